The van der Waals surface area contributed by atoms with E-state index in [2.05, 4.69) is 30.5 Å². The van der Waals surface area contributed by atoms with Crippen molar-refractivity contribution >= 4 is 45.6 Å². The summed E-state index contributed by atoms with van der Waals surface area (Å²) < 4.78 is 68.5. The molecule has 2 aromatic heterocycles. The highest BCUT2D eigenvalue weighted by molar-refractivity contribution is 7.84. The van der Waals surface area contributed by atoms with Gasteiger partial charge in [-0.1, -0.05) is 42.3 Å². The van der Waals surface area contributed by atoms with Crippen LogP contribution in [-0.4, -0.2) is 83.4 Å². The molecule has 276 valence electrons. The number of halogens is 3. The number of aromatic nitrogens is 3. The fraction of sp³-hybridized carbons (Fsp3) is 0.500. The Morgan fingerprint density at radius 3 is 2.54 bits per heavy atom. The van der Waals surface area contributed by atoms with Gasteiger partial charge in [-0.25, -0.2) is 14.2 Å². The number of hydrogen-bond acceptors (Lipinski definition) is 10. The third kappa shape index (κ3) is 7.52. The molecule has 3 N–H and O–H groups in total. The second kappa shape index (κ2) is 14.3. The van der Waals surface area contributed by atoms with E-state index in [0.717, 1.165) is 11.3 Å². The number of para-hydroxylation sites is 2. The van der Waals surface area contributed by atoms with Crippen LogP contribution in [0.1, 0.15) is 74.0 Å². The molecular weight excluding hydrogens is 707 g/mol. The Morgan fingerprint density at radius 1 is 1.06 bits per heavy atom. The van der Waals surface area contributed by atoms with Crippen LogP contribution >= 0.6 is 0 Å². The lowest BCUT2D eigenvalue weighted by Gasteiger charge is -2.29. The molecule has 1 aromatic carbocycles. The zero-order valence-electron chi connectivity index (χ0n) is 27.8. The van der Waals surface area contributed by atoms with E-state index in [1.54, 1.807) is 6.07 Å². The third-order valence-corrected chi connectivity index (χ3v) is 11.2. The van der Waals surface area contributed by atoms with E-state index < -0.39 is 82.0 Å². The zero-order chi connectivity index (χ0) is 36.6. The number of ether oxygens (including phenoxy) is 1. The van der Waals surface area contributed by atoms with Crippen LogP contribution < -0.4 is 20.1 Å². The molecule has 3 aromatic rings. The molecule has 3 fully saturated rings. The van der Waals surface area contributed by atoms with Crippen molar-refractivity contribution in [2.24, 2.45) is 5.92 Å². The van der Waals surface area contributed by atoms with Gasteiger partial charge in [-0.3, -0.25) is 23.9 Å². The molecule has 2 saturated carbocycles. The number of carbonyl (C=O) groups is 4. The molecule has 0 bridgehead atoms. The van der Waals surface area contributed by atoms with Gasteiger partial charge in [0.1, 0.15) is 41.0 Å². The molecule has 2 aliphatic carbocycles. The Bertz CT molecular complexity index is 1920. The molecule has 4 amide bonds. The van der Waals surface area contributed by atoms with Crippen molar-refractivity contribution in [3.05, 3.63) is 60.1 Å². The standard InChI is InChI=1S/C34H36F3N7O7S/c35-34(36,37)27-30(40-23-10-7-6-9-22(23)38-27)51-20-16-26-29(46)41-33(32(48)43-52(49)21-12-13-21)17-19(33)8-4-2-1-3-5-11-25(31(47)44(26)18-20)39-28(45)24-14-15-50-42-24/h4,6-10,14-15,19-21,25-26H,1-3,5,11-13,16-18H2,(H,39,45)(H,41,46)(H,43,48)/b8-4-/t19-,20-,25+,26+,33-,52?/m1/s1. The lowest BCUT2D eigenvalue weighted by atomic mass is 10.0. The van der Waals surface area contributed by atoms with Crippen LogP contribution in [0.25, 0.3) is 11.0 Å². The van der Waals surface area contributed by atoms with Gasteiger partial charge in [0, 0.05) is 18.4 Å². The topological polar surface area (TPSA) is 186 Å². The number of hydrogen-bond donors (Lipinski definition) is 3. The summed E-state index contributed by atoms with van der Waals surface area (Å²) in [6.07, 6.45) is 3.08. The van der Waals surface area contributed by atoms with Crippen molar-refractivity contribution in [1.82, 2.24) is 35.4 Å². The number of benzene rings is 1. The van der Waals surface area contributed by atoms with Crippen molar-refractivity contribution < 1.29 is 45.8 Å². The number of alkyl halides is 3. The predicted molar refractivity (Wildman–Crippen MR) is 177 cm³/mol. The van der Waals surface area contributed by atoms with E-state index in [0.29, 0.717) is 32.1 Å². The molecule has 0 radical (unpaired) electrons. The number of fused-ring (bicyclic) bond motifs is 3. The van der Waals surface area contributed by atoms with Gasteiger partial charge in [0.05, 0.1) is 22.8 Å². The first kappa shape index (κ1) is 35.5. The van der Waals surface area contributed by atoms with Gasteiger partial charge in [0.2, 0.25) is 23.4 Å². The van der Waals surface area contributed by atoms with Crippen LogP contribution in [0.2, 0.25) is 0 Å². The van der Waals surface area contributed by atoms with Gasteiger partial charge in [0.25, 0.3) is 11.8 Å². The van der Waals surface area contributed by atoms with Gasteiger partial charge in [0.15, 0.2) is 5.69 Å². The first-order valence-electron chi connectivity index (χ1n) is 17.2. The van der Waals surface area contributed by atoms with Crippen LogP contribution in [-0.2, 0) is 31.5 Å². The van der Waals surface area contributed by atoms with Crippen molar-refractivity contribution in [2.45, 2.75) is 92.9 Å². The molecule has 1 saturated heterocycles. The maximum Gasteiger partial charge on any atom is 0.438 e. The maximum atomic E-state index is 14.3. The SMILES string of the molecule is O=C(N[C@H]1CCCCC/C=C\[C@@H]2C[C@@]2(C(=O)NS(=O)C2CC2)NC(=O)[C@@H]2C[C@@H](Oc3nc4ccccc4nc3C(F)(F)F)CN2C1=O)c1ccon1. The van der Waals surface area contributed by atoms with Crippen LogP contribution in [0, 0.1) is 5.92 Å². The summed E-state index contributed by atoms with van der Waals surface area (Å²) in [6.45, 7) is -0.340. The molecule has 4 aliphatic rings. The van der Waals surface area contributed by atoms with Crippen LogP contribution in [0.4, 0.5) is 13.2 Å². The lowest BCUT2D eigenvalue weighted by molar-refractivity contribution is -0.143. The summed E-state index contributed by atoms with van der Waals surface area (Å²) >= 11 is 0. The fourth-order valence-corrected chi connectivity index (χ4v) is 7.78. The van der Waals surface area contributed by atoms with E-state index in [9.17, 15) is 36.6 Å². The molecule has 2 aliphatic heterocycles. The van der Waals surface area contributed by atoms with E-state index in [-0.39, 0.29) is 47.8 Å². The number of amides is 4. The van der Waals surface area contributed by atoms with Crippen molar-refractivity contribution in [2.75, 3.05) is 6.54 Å². The molecule has 1 unspecified atom stereocenters. The van der Waals surface area contributed by atoms with Gasteiger partial charge >= 0.3 is 6.18 Å². The Morgan fingerprint density at radius 2 is 1.83 bits per heavy atom. The van der Waals surface area contributed by atoms with Crippen LogP contribution in [0.15, 0.2) is 53.3 Å². The summed E-state index contributed by atoms with van der Waals surface area (Å²) in [4.78, 5) is 64.2. The second-order valence-corrected chi connectivity index (χ2v) is 15.0. The zero-order valence-corrected chi connectivity index (χ0v) is 28.6. The van der Waals surface area contributed by atoms with Crippen LogP contribution in [0.5, 0.6) is 5.88 Å². The second-order valence-electron chi connectivity index (χ2n) is 13.5. The molecular formula is C34H36F3N7O7S. The van der Waals surface area contributed by atoms with Gasteiger partial charge in [-0.2, -0.15) is 13.2 Å². The minimum Gasteiger partial charge on any atom is -0.471 e. The number of nitrogens with one attached hydrogen (secondary N) is 3. The fourth-order valence-electron chi connectivity index (χ4n) is 6.68. The average molecular weight is 744 g/mol. The van der Waals surface area contributed by atoms with E-state index in [1.165, 1.54) is 30.5 Å². The van der Waals surface area contributed by atoms with E-state index in [1.807, 2.05) is 12.2 Å². The number of nitrogens with zero attached hydrogens (tertiary/aromatic N) is 4. The summed E-state index contributed by atoms with van der Waals surface area (Å²) in [5.74, 6) is -3.95. The third-order valence-electron chi connectivity index (χ3n) is 9.73. The van der Waals surface area contributed by atoms with E-state index >= 15 is 0 Å². The lowest BCUT2D eigenvalue weighted by Crippen LogP contribution is -2.58. The maximum absolute atomic E-state index is 14.3. The molecule has 6 atom stereocenters. The summed E-state index contributed by atoms with van der Waals surface area (Å²) in [5, 5.41) is 8.97. The monoisotopic (exact) mass is 743 g/mol. The van der Waals surface area contributed by atoms with Gasteiger partial charge in [-0.15, -0.1) is 0 Å². The number of rotatable bonds is 7. The number of allylic oxidation sites excluding steroid dienone is 1. The largest absolute Gasteiger partial charge is 0.471 e. The molecule has 52 heavy (non-hydrogen) atoms. The Labute approximate surface area is 297 Å². The van der Waals surface area contributed by atoms with Gasteiger partial charge in [-0.05, 0) is 50.7 Å². The summed E-state index contributed by atoms with van der Waals surface area (Å²) in [7, 11) is -1.63. The average Bonchev–Trinajstić information content (AvgIpc) is 3.96. The van der Waals surface area contributed by atoms with Crippen LogP contribution in [0.3, 0.4) is 0 Å². The molecule has 7 rings (SSSR count). The summed E-state index contributed by atoms with van der Waals surface area (Å²) in [5.41, 5.74) is -2.74. The molecule has 0 spiro atoms. The molecule has 14 nitrogen and oxygen atoms in total. The van der Waals surface area contributed by atoms with Gasteiger partial charge < -0.3 is 24.8 Å². The first-order valence-corrected chi connectivity index (χ1v) is 18.4. The van der Waals surface area contributed by atoms with Crippen molar-refractivity contribution in [1.29, 1.82) is 0 Å². The smallest absolute Gasteiger partial charge is 0.438 e. The highest BCUT2D eigenvalue weighted by Crippen LogP contribution is 2.46. The molecule has 18 heteroatoms. The Balaban J connectivity index is 1.21. The van der Waals surface area contributed by atoms with Crippen molar-refractivity contribution in [3.8, 4) is 5.88 Å². The Hall–Kier alpha value is -4.87. The molecule has 4 heterocycles. The minimum absolute atomic E-state index is 0.000683. The summed E-state index contributed by atoms with van der Waals surface area (Å²) in [6, 6.07) is 4.84. The van der Waals surface area contributed by atoms with Crippen molar-refractivity contribution in [3.63, 3.8) is 0 Å². The predicted octanol–water partition coefficient (Wildman–Crippen LogP) is 3.12. The van der Waals surface area contributed by atoms with E-state index in [4.69, 9.17) is 9.26 Å². The Kier molecular flexibility index (Phi) is 9.75. The highest BCUT2D eigenvalue weighted by atomic mass is 32.2. The highest BCUT2D eigenvalue weighted by Gasteiger charge is 2.61. The minimum atomic E-state index is -4.94. The quantitative estimate of drug-likeness (QED) is 0.304. The first-order chi connectivity index (χ1) is 24.9. The normalized spacial score (nSPS) is 28.0. The number of carbonyl (C=O) groups excluding carboxylic acids is 4.